The van der Waals surface area contributed by atoms with Crippen molar-refractivity contribution < 1.29 is 9.59 Å². The topological polar surface area (TPSA) is 86.1 Å². The SMILES string of the molecule is CCSC(=O)N1CCc2c(sc(NC(=O)C=Cc3cccnc3)c2C#N)C1. The van der Waals surface area contributed by atoms with Crippen molar-refractivity contribution in [3.63, 3.8) is 0 Å². The van der Waals surface area contributed by atoms with Gasteiger partial charge in [0.05, 0.1) is 12.1 Å². The lowest BCUT2D eigenvalue weighted by Crippen LogP contribution is -2.32. The fourth-order valence-electron chi connectivity index (χ4n) is 2.78. The van der Waals surface area contributed by atoms with Crippen LogP contribution in [0, 0.1) is 11.3 Å². The average molecular weight is 399 g/mol. The minimum Gasteiger partial charge on any atom is -0.328 e. The highest BCUT2D eigenvalue weighted by Gasteiger charge is 2.27. The van der Waals surface area contributed by atoms with E-state index in [4.69, 9.17) is 0 Å². The van der Waals surface area contributed by atoms with Crippen LogP contribution in [0.2, 0.25) is 0 Å². The molecule has 0 radical (unpaired) electrons. The number of pyridine rings is 1. The smallest absolute Gasteiger partial charge is 0.281 e. The molecule has 1 aliphatic heterocycles. The van der Waals surface area contributed by atoms with Crippen molar-refractivity contribution in [2.45, 2.75) is 19.9 Å². The Morgan fingerprint density at radius 1 is 1.52 bits per heavy atom. The van der Waals surface area contributed by atoms with Gasteiger partial charge in [0, 0.05) is 29.9 Å². The molecule has 1 aliphatic rings. The molecule has 2 aromatic rings. The van der Waals surface area contributed by atoms with Crippen LogP contribution in [0.5, 0.6) is 0 Å². The molecule has 6 nitrogen and oxygen atoms in total. The molecule has 138 valence electrons. The van der Waals surface area contributed by atoms with Gasteiger partial charge < -0.3 is 10.2 Å². The summed E-state index contributed by atoms with van der Waals surface area (Å²) in [6.45, 7) is 3.03. The molecule has 3 heterocycles. The maximum Gasteiger partial charge on any atom is 0.281 e. The number of anilines is 1. The van der Waals surface area contributed by atoms with E-state index in [-0.39, 0.29) is 11.1 Å². The summed E-state index contributed by atoms with van der Waals surface area (Å²) in [5, 5.41) is 12.9. The third-order valence-corrected chi connectivity index (χ3v) is 5.97. The number of nitriles is 1. The van der Waals surface area contributed by atoms with Gasteiger partial charge in [-0.3, -0.25) is 14.6 Å². The molecule has 0 aliphatic carbocycles. The van der Waals surface area contributed by atoms with E-state index < -0.39 is 0 Å². The maximum atomic E-state index is 12.2. The van der Waals surface area contributed by atoms with E-state index in [9.17, 15) is 14.9 Å². The lowest BCUT2D eigenvalue weighted by Gasteiger charge is -2.26. The first-order valence-corrected chi connectivity index (χ1v) is 10.3. The van der Waals surface area contributed by atoms with Crippen LogP contribution in [-0.4, -0.2) is 33.3 Å². The summed E-state index contributed by atoms with van der Waals surface area (Å²) < 4.78 is 0. The number of hydrogen-bond acceptors (Lipinski definition) is 6. The van der Waals surface area contributed by atoms with Crippen molar-refractivity contribution in [2.24, 2.45) is 0 Å². The minimum absolute atomic E-state index is 0.0556. The van der Waals surface area contributed by atoms with E-state index in [0.29, 0.717) is 30.1 Å². The monoisotopic (exact) mass is 398 g/mol. The predicted octanol–water partition coefficient (Wildman–Crippen LogP) is 3.90. The number of rotatable bonds is 4. The summed E-state index contributed by atoms with van der Waals surface area (Å²) in [5.41, 5.74) is 2.27. The molecule has 0 saturated heterocycles. The normalized spacial score (nSPS) is 13.3. The molecule has 2 aromatic heterocycles. The van der Waals surface area contributed by atoms with E-state index in [1.807, 2.05) is 13.0 Å². The highest BCUT2D eigenvalue weighted by Crippen LogP contribution is 2.37. The van der Waals surface area contributed by atoms with Gasteiger partial charge >= 0.3 is 0 Å². The number of fused-ring (bicyclic) bond motifs is 1. The Balaban J connectivity index is 1.74. The molecule has 1 N–H and O–H groups in total. The standard InChI is InChI=1S/C19H18N4O2S2/c1-2-26-19(25)23-9-7-14-15(10-20)18(27-16(14)12-23)22-17(24)6-5-13-4-3-8-21-11-13/h3-6,8,11H,2,7,9,12H2,1H3,(H,22,24). The second kappa shape index (κ2) is 8.84. The predicted molar refractivity (Wildman–Crippen MR) is 109 cm³/mol. The van der Waals surface area contributed by atoms with Gasteiger partial charge in [0.25, 0.3) is 5.24 Å². The number of aromatic nitrogens is 1. The first kappa shape index (κ1) is 19.1. The second-order valence-electron chi connectivity index (χ2n) is 5.80. The minimum atomic E-state index is -0.302. The lowest BCUT2D eigenvalue weighted by molar-refractivity contribution is -0.111. The molecule has 0 atom stereocenters. The van der Waals surface area contributed by atoms with Crippen molar-refractivity contribution in [3.8, 4) is 6.07 Å². The molecular weight excluding hydrogens is 380 g/mol. The van der Waals surface area contributed by atoms with Gasteiger partial charge in [0.2, 0.25) is 5.91 Å². The third kappa shape index (κ3) is 4.56. The van der Waals surface area contributed by atoms with E-state index in [2.05, 4.69) is 16.4 Å². The van der Waals surface area contributed by atoms with Gasteiger partial charge in [0.1, 0.15) is 11.1 Å². The summed E-state index contributed by atoms with van der Waals surface area (Å²) >= 11 is 2.66. The largest absolute Gasteiger partial charge is 0.328 e. The Hall–Kier alpha value is -2.63. The average Bonchev–Trinajstić information content (AvgIpc) is 3.03. The van der Waals surface area contributed by atoms with Gasteiger partial charge in [-0.05, 0) is 35.4 Å². The van der Waals surface area contributed by atoms with E-state index >= 15 is 0 Å². The second-order valence-corrected chi connectivity index (χ2v) is 8.12. The number of carbonyl (C=O) groups excluding carboxylic acids is 2. The molecule has 0 fully saturated rings. The quantitative estimate of drug-likeness (QED) is 0.790. The zero-order chi connectivity index (χ0) is 19.2. The molecule has 0 aromatic carbocycles. The number of thioether (sulfide) groups is 1. The van der Waals surface area contributed by atoms with Crippen LogP contribution in [0.4, 0.5) is 9.80 Å². The van der Waals surface area contributed by atoms with Gasteiger partial charge in [0.15, 0.2) is 0 Å². The Bertz CT molecular complexity index is 916. The van der Waals surface area contributed by atoms with Gasteiger partial charge in [-0.2, -0.15) is 5.26 Å². The van der Waals surface area contributed by atoms with Gasteiger partial charge in [-0.25, -0.2) is 0 Å². The first-order chi connectivity index (χ1) is 13.1. The number of carbonyl (C=O) groups is 2. The van der Waals surface area contributed by atoms with Crippen LogP contribution < -0.4 is 5.32 Å². The van der Waals surface area contributed by atoms with Crippen LogP contribution in [0.1, 0.15) is 28.5 Å². The zero-order valence-corrected chi connectivity index (χ0v) is 16.4. The van der Waals surface area contributed by atoms with Crippen molar-refractivity contribution in [1.82, 2.24) is 9.88 Å². The van der Waals surface area contributed by atoms with Crippen molar-refractivity contribution in [1.29, 1.82) is 5.26 Å². The molecule has 0 bridgehead atoms. The van der Waals surface area contributed by atoms with Crippen LogP contribution in [0.25, 0.3) is 6.08 Å². The van der Waals surface area contributed by atoms with Crippen LogP contribution in [0.3, 0.4) is 0 Å². The molecule has 0 unspecified atom stereocenters. The van der Waals surface area contributed by atoms with Crippen LogP contribution in [-0.2, 0) is 17.8 Å². The molecular formula is C19H18N4O2S2. The summed E-state index contributed by atoms with van der Waals surface area (Å²) in [5.74, 6) is 0.434. The maximum absolute atomic E-state index is 12.2. The summed E-state index contributed by atoms with van der Waals surface area (Å²) in [6, 6.07) is 5.85. The Kier molecular flexibility index (Phi) is 6.27. The van der Waals surface area contributed by atoms with E-state index in [0.717, 1.165) is 21.8 Å². The molecule has 3 rings (SSSR count). The Labute approximate surface area is 165 Å². The summed E-state index contributed by atoms with van der Waals surface area (Å²) in [4.78, 5) is 31.1. The van der Waals surface area contributed by atoms with E-state index in [1.165, 1.54) is 29.2 Å². The Morgan fingerprint density at radius 2 is 2.37 bits per heavy atom. The number of nitrogens with one attached hydrogen (secondary N) is 1. The van der Waals surface area contributed by atoms with Crippen molar-refractivity contribution in [2.75, 3.05) is 17.6 Å². The fraction of sp³-hybridized carbons (Fsp3) is 0.263. The number of amides is 2. The molecule has 27 heavy (non-hydrogen) atoms. The van der Waals surface area contributed by atoms with Gasteiger partial charge in [-0.15, -0.1) is 11.3 Å². The number of thiophene rings is 1. The summed E-state index contributed by atoms with van der Waals surface area (Å²) in [7, 11) is 0. The summed E-state index contributed by atoms with van der Waals surface area (Å²) in [6.07, 6.45) is 7.05. The lowest BCUT2D eigenvalue weighted by atomic mass is 10.0. The molecule has 0 spiro atoms. The third-order valence-electron chi connectivity index (χ3n) is 4.04. The van der Waals surface area contributed by atoms with Crippen molar-refractivity contribution in [3.05, 3.63) is 52.2 Å². The highest BCUT2D eigenvalue weighted by atomic mass is 32.2. The highest BCUT2D eigenvalue weighted by molar-refractivity contribution is 8.13. The number of nitrogens with zero attached hydrogens (tertiary/aromatic N) is 3. The Morgan fingerprint density at radius 3 is 3.07 bits per heavy atom. The molecule has 8 heteroatoms. The molecule has 2 amide bonds. The van der Waals surface area contributed by atoms with Gasteiger partial charge in [-0.1, -0.05) is 24.8 Å². The van der Waals surface area contributed by atoms with E-state index in [1.54, 1.807) is 29.4 Å². The molecule has 0 saturated carbocycles. The van der Waals surface area contributed by atoms with Crippen LogP contribution in [0.15, 0.2) is 30.6 Å². The fourth-order valence-corrected chi connectivity index (χ4v) is 4.58. The van der Waals surface area contributed by atoms with Crippen molar-refractivity contribution >= 4 is 45.3 Å². The zero-order valence-electron chi connectivity index (χ0n) is 14.8. The van der Waals surface area contributed by atoms with Crippen LogP contribution >= 0.6 is 23.1 Å². The number of hydrogen-bond donors (Lipinski definition) is 1. The first-order valence-electron chi connectivity index (χ1n) is 8.47.